The zero-order chi connectivity index (χ0) is 25.2. The van der Waals surface area contributed by atoms with Crippen LogP contribution in [-0.4, -0.2) is 42.4 Å². The molecule has 0 unspecified atom stereocenters. The summed E-state index contributed by atoms with van der Waals surface area (Å²) in [6.45, 7) is 2.34. The standard InChI is InChI=1S/C26H26ClNO7/c1-3-33-23(13-25(29)30)18-5-8-20(9-6-18)34-15-17-4-10-22(27)21(12-17)19-7-11-24(28-14-19)35-16-26(31)32-2/h4-12,14,23H,3,13,15-16H2,1-2H3,(H,29,30)/t23-/m0/s1. The summed E-state index contributed by atoms with van der Waals surface area (Å²) in [5.74, 6) is -0.464. The first-order chi connectivity index (χ1) is 16.9. The molecule has 0 aliphatic carbocycles. The Morgan fingerprint density at radius 2 is 1.83 bits per heavy atom. The van der Waals surface area contributed by atoms with Crippen molar-refractivity contribution in [3.05, 3.63) is 76.9 Å². The van der Waals surface area contributed by atoms with Gasteiger partial charge in [-0.15, -0.1) is 0 Å². The number of aromatic nitrogens is 1. The zero-order valence-corrected chi connectivity index (χ0v) is 20.2. The van der Waals surface area contributed by atoms with Crippen LogP contribution in [0.25, 0.3) is 11.1 Å². The molecule has 35 heavy (non-hydrogen) atoms. The largest absolute Gasteiger partial charge is 0.489 e. The Bertz CT molecular complexity index is 1130. The van der Waals surface area contributed by atoms with Gasteiger partial charge in [0, 0.05) is 35.0 Å². The molecule has 9 heteroatoms. The van der Waals surface area contributed by atoms with Gasteiger partial charge >= 0.3 is 11.9 Å². The lowest BCUT2D eigenvalue weighted by Gasteiger charge is -2.16. The molecule has 1 atom stereocenters. The van der Waals surface area contributed by atoms with Crippen molar-refractivity contribution in [1.82, 2.24) is 4.98 Å². The summed E-state index contributed by atoms with van der Waals surface area (Å²) >= 11 is 6.40. The Labute approximate surface area is 208 Å². The second-order valence-electron chi connectivity index (χ2n) is 7.46. The van der Waals surface area contributed by atoms with E-state index >= 15 is 0 Å². The quantitative estimate of drug-likeness (QED) is 0.344. The average molecular weight is 500 g/mol. The number of halogens is 1. The van der Waals surface area contributed by atoms with Gasteiger partial charge < -0.3 is 24.1 Å². The van der Waals surface area contributed by atoms with Crippen LogP contribution in [0.1, 0.15) is 30.6 Å². The highest BCUT2D eigenvalue weighted by Crippen LogP contribution is 2.30. The molecule has 2 aromatic carbocycles. The third kappa shape index (κ3) is 7.70. The number of pyridine rings is 1. The number of nitrogens with zero attached hydrogens (tertiary/aromatic N) is 1. The van der Waals surface area contributed by atoms with Crippen molar-refractivity contribution < 1.29 is 33.6 Å². The van der Waals surface area contributed by atoms with Crippen LogP contribution in [0.15, 0.2) is 60.8 Å². The summed E-state index contributed by atoms with van der Waals surface area (Å²) in [6, 6.07) is 16.2. The fourth-order valence-electron chi connectivity index (χ4n) is 3.28. The summed E-state index contributed by atoms with van der Waals surface area (Å²) in [5, 5.41) is 9.65. The number of esters is 1. The highest BCUT2D eigenvalue weighted by atomic mass is 35.5. The fraction of sp³-hybridized carbons (Fsp3) is 0.269. The molecule has 0 amide bonds. The molecular weight excluding hydrogens is 474 g/mol. The normalized spacial score (nSPS) is 11.5. The number of carboxylic acids is 1. The topological polar surface area (TPSA) is 104 Å². The van der Waals surface area contributed by atoms with E-state index in [1.807, 2.05) is 19.1 Å². The van der Waals surface area contributed by atoms with Gasteiger partial charge in [0.25, 0.3) is 0 Å². The van der Waals surface area contributed by atoms with Gasteiger partial charge in [0.05, 0.1) is 19.6 Å². The lowest BCUT2D eigenvalue weighted by molar-refractivity contribution is -0.143. The summed E-state index contributed by atoms with van der Waals surface area (Å²) in [6.07, 6.45) is 1.01. The van der Waals surface area contributed by atoms with Crippen molar-refractivity contribution in [3.63, 3.8) is 0 Å². The number of benzene rings is 2. The van der Waals surface area contributed by atoms with Crippen molar-refractivity contribution >= 4 is 23.5 Å². The van der Waals surface area contributed by atoms with E-state index in [0.29, 0.717) is 29.9 Å². The lowest BCUT2D eigenvalue weighted by Crippen LogP contribution is -2.13. The van der Waals surface area contributed by atoms with Crippen molar-refractivity contribution in [2.24, 2.45) is 0 Å². The summed E-state index contributed by atoms with van der Waals surface area (Å²) < 4.78 is 21.3. The van der Waals surface area contributed by atoms with Crippen LogP contribution >= 0.6 is 11.6 Å². The minimum absolute atomic E-state index is 0.102. The van der Waals surface area contributed by atoms with E-state index in [1.165, 1.54) is 7.11 Å². The second kappa shape index (κ2) is 12.7. The molecule has 0 bridgehead atoms. The maximum Gasteiger partial charge on any atom is 0.343 e. The van der Waals surface area contributed by atoms with Gasteiger partial charge in [0.1, 0.15) is 12.4 Å². The Morgan fingerprint density at radius 1 is 1.06 bits per heavy atom. The second-order valence-corrected chi connectivity index (χ2v) is 7.87. The smallest absolute Gasteiger partial charge is 0.343 e. The van der Waals surface area contributed by atoms with Crippen LogP contribution in [0.2, 0.25) is 5.02 Å². The number of rotatable bonds is 12. The molecule has 0 saturated carbocycles. The summed E-state index contributed by atoms with van der Waals surface area (Å²) in [7, 11) is 1.29. The molecule has 1 N–H and O–H groups in total. The van der Waals surface area contributed by atoms with Crippen LogP contribution < -0.4 is 9.47 Å². The Morgan fingerprint density at radius 3 is 2.46 bits per heavy atom. The highest BCUT2D eigenvalue weighted by molar-refractivity contribution is 6.33. The molecule has 3 aromatic rings. The number of methoxy groups -OCH3 is 1. The fourth-order valence-corrected chi connectivity index (χ4v) is 3.51. The highest BCUT2D eigenvalue weighted by Gasteiger charge is 2.16. The lowest BCUT2D eigenvalue weighted by atomic mass is 10.0. The molecule has 0 radical (unpaired) electrons. The third-order valence-electron chi connectivity index (χ3n) is 5.03. The van der Waals surface area contributed by atoms with Gasteiger partial charge in [-0.2, -0.15) is 0 Å². The van der Waals surface area contributed by atoms with Crippen molar-refractivity contribution in [1.29, 1.82) is 0 Å². The van der Waals surface area contributed by atoms with Crippen molar-refractivity contribution in [2.45, 2.75) is 26.1 Å². The van der Waals surface area contributed by atoms with Crippen LogP contribution in [-0.2, 0) is 25.7 Å². The molecule has 3 rings (SSSR count). The molecule has 184 valence electrons. The van der Waals surface area contributed by atoms with E-state index in [-0.39, 0.29) is 13.0 Å². The number of ether oxygens (including phenoxy) is 4. The van der Waals surface area contributed by atoms with Gasteiger partial charge in [0.2, 0.25) is 5.88 Å². The van der Waals surface area contributed by atoms with E-state index in [9.17, 15) is 9.59 Å². The van der Waals surface area contributed by atoms with Crippen molar-refractivity contribution in [3.8, 4) is 22.8 Å². The maximum atomic E-state index is 11.2. The van der Waals surface area contributed by atoms with Crippen LogP contribution in [0.3, 0.4) is 0 Å². The SMILES string of the molecule is CCO[C@@H](CC(=O)O)c1ccc(OCc2ccc(Cl)c(-c3ccc(OCC(=O)OC)nc3)c2)cc1. The Balaban J connectivity index is 1.65. The third-order valence-corrected chi connectivity index (χ3v) is 5.36. The van der Waals surface area contributed by atoms with Gasteiger partial charge in [0.15, 0.2) is 6.61 Å². The number of hydrogen-bond acceptors (Lipinski definition) is 7. The van der Waals surface area contributed by atoms with Gasteiger partial charge in [-0.25, -0.2) is 9.78 Å². The first kappa shape index (κ1) is 26.0. The van der Waals surface area contributed by atoms with E-state index in [2.05, 4.69) is 9.72 Å². The van der Waals surface area contributed by atoms with Crippen LogP contribution in [0.5, 0.6) is 11.6 Å². The number of hydrogen-bond donors (Lipinski definition) is 1. The first-order valence-electron chi connectivity index (χ1n) is 10.9. The van der Waals surface area contributed by atoms with E-state index in [4.69, 9.17) is 30.9 Å². The van der Waals surface area contributed by atoms with Crippen LogP contribution in [0.4, 0.5) is 0 Å². The molecule has 0 fully saturated rings. The predicted molar refractivity (Wildman–Crippen MR) is 130 cm³/mol. The molecule has 0 aliphatic heterocycles. The van der Waals surface area contributed by atoms with Crippen molar-refractivity contribution in [2.75, 3.05) is 20.3 Å². The minimum atomic E-state index is -0.916. The number of carboxylic acid groups (broad SMARTS) is 1. The van der Waals surface area contributed by atoms with Gasteiger partial charge in [-0.05, 0) is 48.4 Å². The Hall–Kier alpha value is -3.62. The number of carbonyl (C=O) groups is 2. The molecule has 0 spiro atoms. The summed E-state index contributed by atoms with van der Waals surface area (Å²) in [5.41, 5.74) is 3.25. The minimum Gasteiger partial charge on any atom is -0.489 e. The Kier molecular flexibility index (Phi) is 9.46. The first-order valence-corrected chi connectivity index (χ1v) is 11.3. The molecule has 1 aromatic heterocycles. The molecule has 8 nitrogen and oxygen atoms in total. The predicted octanol–water partition coefficient (Wildman–Crippen LogP) is 5.09. The molecule has 1 heterocycles. The van der Waals surface area contributed by atoms with E-state index in [0.717, 1.165) is 22.3 Å². The van der Waals surface area contributed by atoms with Crippen LogP contribution in [0, 0.1) is 0 Å². The monoisotopic (exact) mass is 499 g/mol. The molecule has 0 saturated heterocycles. The van der Waals surface area contributed by atoms with Gasteiger partial charge in [-0.1, -0.05) is 29.8 Å². The zero-order valence-electron chi connectivity index (χ0n) is 19.4. The van der Waals surface area contributed by atoms with E-state index < -0.39 is 18.0 Å². The molecular formula is C26H26ClNO7. The van der Waals surface area contributed by atoms with E-state index in [1.54, 1.807) is 48.7 Å². The number of aliphatic carboxylic acids is 1. The number of carbonyl (C=O) groups excluding carboxylic acids is 1. The van der Waals surface area contributed by atoms with Gasteiger partial charge in [-0.3, -0.25) is 4.79 Å². The average Bonchev–Trinajstić information content (AvgIpc) is 2.87. The molecule has 0 aliphatic rings. The summed E-state index contributed by atoms with van der Waals surface area (Å²) in [4.78, 5) is 26.5. The maximum absolute atomic E-state index is 11.2.